The third-order valence-electron chi connectivity index (χ3n) is 5.77. The van der Waals surface area contributed by atoms with E-state index in [1.807, 2.05) is 44.2 Å². The number of amides is 2. The molecule has 0 saturated carbocycles. The quantitative estimate of drug-likeness (QED) is 0.699. The number of nitrogens with zero attached hydrogens (tertiary/aromatic N) is 1. The molecule has 1 aliphatic rings. The van der Waals surface area contributed by atoms with Crippen LogP contribution in [-0.2, 0) is 6.54 Å². The smallest absolute Gasteiger partial charge is 0.255 e. The first-order valence-electron chi connectivity index (χ1n) is 11.0. The minimum Gasteiger partial charge on any atom is -0.350 e. The van der Waals surface area contributed by atoms with Gasteiger partial charge in [0.15, 0.2) is 0 Å². The van der Waals surface area contributed by atoms with Crippen LogP contribution >= 0.6 is 0 Å². The van der Waals surface area contributed by atoms with Gasteiger partial charge < -0.3 is 10.6 Å². The molecule has 5 heteroatoms. The van der Waals surface area contributed by atoms with Gasteiger partial charge in [-0.15, -0.1) is 0 Å². The third kappa shape index (κ3) is 5.92. The van der Waals surface area contributed by atoms with Crippen molar-refractivity contribution in [3.8, 4) is 0 Å². The summed E-state index contributed by atoms with van der Waals surface area (Å²) in [6.45, 7) is 9.49. The molecule has 0 unspecified atom stereocenters. The van der Waals surface area contributed by atoms with Crippen LogP contribution in [0.15, 0.2) is 48.5 Å². The lowest BCUT2D eigenvalue weighted by Crippen LogP contribution is -2.33. The molecule has 2 amide bonds. The van der Waals surface area contributed by atoms with E-state index in [0.717, 1.165) is 32.0 Å². The Kier molecular flexibility index (Phi) is 7.63. The predicted molar refractivity (Wildman–Crippen MR) is 122 cm³/mol. The van der Waals surface area contributed by atoms with Crippen molar-refractivity contribution in [3.63, 3.8) is 0 Å². The van der Waals surface area contributed by atoms with Crippen LogP contribution in [0.1, 0.15) is 66.3 Å². The van der Waals surface area contributed by atoms with Gasteiger partial charge in [0.1, 0.15) is 0 Å². The van der Waals surface area contributed by atoms with Crippen molar-refractivity contribution in [2.45, 2.75) is 52.6 Å². The number of para-hydroxylation sites is 1. The summed E-state index contributed by atoms with van der Waals surface area (Å²) in [6.07, 6.45) is 3.42. The number of rotatable bonds is 7. The number of likely N-dealkylation sites (tertiary alicyclic amines) is 1. The summed E-state index contributed by atoms with van der Waals surface area (Å²) in [5.74, 6) is 0.365. The van der Waals surface area contributed by atoms with E-state index in [1.54, 1.807) is 18.2 Å². The zero-order valence-corrected chi connectivity index (χ0v) is 18.3. The minimum atomic E-state index is -0.211. The largest absolute Gasteiger partial charge is 0.350 e. The Morgan fingerprint density at radius 2 is 1.83 bits per heavy atom. The Labute approximate surface area is 179 Å². The molecule has 2 aromatic carbocycles. The molecule has 2 atom stereocenters. The highest BCUT2D eigenvalue weighted by Crippen LogP contribution is 2.19. The Hall–Kier alpha value is -2.66. The summed E-state index contributed by atoms with van der Waals surface area (Å²) < 4.78 is 0. The van der Waals surface area contributed by atoms with E-state index in [2.05, 4.69) is 22.5 Å². The maximum absolute atomic E-state index is 12.8. The molecule has 3 rings (SSSR count). The molecule has 2 aromatic rings. The summed E-state index contributed by atoms with van der Waals surface area (Å²) in [7, 11) is 0. The van der Waals surface area contributed by atoms with E-state index in [4.69, 9.17) is 0 Å². The van der Waals surface area contributed by atoms with Gasteiger partial charge in [-0.25, -0.2) is 0 Å². The van der Waals surface area contributed by atoms with Crippen molar-refractivity contribution in [3.05, 3.63) is 65.2 Å². The van der Waals surface area contributed by atoms with Crippen LogP contribution in [0, 0.1) is 5.92 Å². The Balaban J connectivity index is 1.64. The second-order valence-corrected chi connectivity index (χ2v) is 8.46. The number of carbonyl (C=O) groups excluding carboxylic acids is 2. The Morgan fingerprint density at radius 1 is 1.10 bits per heavy atom. The zero-order valence-electron chi connectivity index (χ0n) is 18.3. The molecular formula is C25H33N3O2. The SMILES string of the molecule is CC[C@H](C)NC(=O)c1ccccc1NC(=O)c1ccc(CN2CCC[C@@H](C)C2)cc1. The number of hydrogen-bond donors (Lipinski definition) is 2. The molecule has 5 nitrogen and oxygen atoms in total. The molecule has 0 aliphatic carbocycles. The lowest BCUT2D eigenvalue weighted by Gasteiger charge is -2.30. The van der Waals surface area contributed by atoms with Crippen molar-refractivity contribution in [1.82, 2.24) is 10.2 Å². The van der Waals surface area contributed by atoms with E-state index in [1.165, 1.54) is 18.4 Å². The van der Waals surface area contributed by atoms with Gasteiger partial charge in [0, 0.05) is 24.7 Å². The molecule has 1 aliphatic heterocycles. The summed E-state index contributed by atoms with van der Waals surface area (Å²) in [4.78, 5) is 27.8. The van der Waals surface area contributed by atoms with Gasteiger partial charge in [-0.2, -0.15) is 0 Å². The highest BCUT2D eigenvalue weighted by Gasteiger charge is 2.17. The Morgan fingerprint density at radius 3 is 2.53 bits per heavy atom. The van der Waals surface area contributed by atoms with E-state index in [0.29, 0.717) is 16.8 Å². The number of piperidine rings is 1. The summed E-state index contributed by atoms with van der Waals surface area (Å²) in [5.41, 5.74) is 2.80. The lowest BCUT2D eigenvalue weighted by molar-refractivity contribution is 0.0940. The van der Waals surface area contributed by atoms with Crippen molar-refractivity contribution in [1.29, 1.82) is 0 Å². The minimum absolute atomic E-state index is 0.0803. The molecule has 0 radical (unpaired) electrons. The molecule has 1 fully saturated rings. The van der Waals surface area contributed by atoms with E-state index >= 15 is 0 Å². The average molecular weight is 408 g/mol. The van der Waals surface area contributed by atoms with E-state index < -0.39 is 0 Å². The zero-order chi connectivity index (χ0) is 21.5. The number of hydrogen-bond acceptors (Lipinski definition) is 3. The Bertz CT molecular complexity index is 863. The van der Waals surface area contributed by atoms with Crippen LogP contribution in [0.5, 0.6) is 0 Å². The molecule has 1 saturated heterocycles. The van der Waals surface area contributed by atoms with Crippen molar-refractivity contribution >= 4 is 17.5 Å². The van der Waals surface area contributed by atoms with Crippen molar-refractivity contribution in [2.75, 3.05) is 18.4 Å². The predicted octanol–water partition coefficient (Wildman–Crippen LogP) is 4.70. The normalized spacial score (nSPS) is 17.9. The van der Waals surface area contributed by atoms with Gasteiger partial charge in [0.2, 0.25) is 0 Å². The number of anilines is 1. The standard InChI is InChI=1S/C25H33N3O2/c1-4-19(3)26-25(30)22-9-5-6-10-23(22)27-24(29)21-13-11-20(12-14-21)17-28-15-7-8-18(2)16-28/h5-6,9-14,18-19H,4,7-8,15-17H2,1-3H3,(H,26,30)(H,27,29)/t18-,19+/m1/s1. The molecule has 30 heavy (non-hydrogen) atoms. The summed E-state index contributed by atoms with van der Waals surface area (Å²) in [5, 5.41) is 5.85. The van der Waals surface area contributed by atoms with Crippen LogP contribution in [0.2, 0.25) is 0 Å². The molecule has 0 aromatic heterocycles. The number of nitrogens with one attached hydrogen (secondary N) is 2. The first kappa shape index (κ1) is 22.0. The fraction of sp³-hybridized carbons (Fsp3) is 0.440. The van der Waals surface area contributed by atoms with Crippen LogP contribution < -0.4 is 10.6 Å². The number of carbonyl (C=O) groups is 2. The highest BCUT2D eigenvalue weighted by atomic mass is 16.2. The molecule has 2 N–H and O–H groups in total. The van der Waals surface area contributed by atoms with Gasteiger partial charge in [-0.1, -0.05) is 38.1 Å². The highest BCUT2D eigenvalue weighted by molar-refractivity contribution is 6.09. The summed E-state index contributed by atoms with van der Waals surface area (Å²) in [6, 6.07) is 15.0. The number of benzene rings is 2. The summed E-state index contributed by atoms with van der Waals surface area (Å²) >= 11 is 0. The average Bonchev–Trinajstić information content (AvgIpc) is 2.74. The lowest BCUT2D eigenvalue weighted by atomic mass is 9.99. The second kappa shape index (κ2) is 10.4. The van der Waals surface area contributed by atoms with Gasteiger partial charge in [0.05, 0.1) is 11.3 Å². The van der Waals surface area contributed by atoms with E-state index in [9.17, 15) is 9.59 Å². The fourth-order valence-corrected chi connectivity index (χ4v) is 3.84. The molecule has 1 heterocycles. The van der Waals surface area contributed by atoms with Crippen LogP contribution in [0.3, 0.4) is 0 Å². The van der Waals surface area contributed by atoms with Gasteiger partial charge in [0.25, 0.3) is 11.8 Å². The van der Waals surface area contributed by atoms with E-state index in [-0.39, 0.29) is 17.9 Å². The first-order chi connectivity index (χ1) is 14.5. The van der Waals surface area contributed by atoms with Crippen LogP contribution in [0.4, 0.5) is 5.69 Å². The van der Waals surface area contributed by atoms with Gasteiger partial charge in [-0.05, 0) is 68.5 Å². The molecule has 0 bridgehead atoms. The molecule has 160 valence electrons. The second-order valence-electron chi connectivity index (χ2n) is 8.46. The first-order valence-corrected chi connectivity index (χ1v) is 11.0. The maximum atomic E-state index is 12.8. The topological polar surface area (TPSA) is 61.4 Å². The molecular weight excluding hydrogens is 374 g/mol. The van der Waals surface area contributed by atoms with Gasteiger partial charge in [-0.3, -0.25) is 14.5 Å². The van der Waals surface area contributed by atoms with Crippen LogP contribution in [-0.4, -0.2) is 35.8 Å². The van der Waals surface area contributed by atoms with Crippen LogP contribution in [0.25, 0.3) is 0 Å². The van der Waals surface area contributed by atoms with Gasteiger partial charge >= 0.3 is 0 Å². The monoisotopic (exact) mass is 407 g/mol. The molecule has 0 spiro atoms. The fourth-order valence-electron chi connectivity index (χ4n) is 3.84. The van der Waals surface area contributed by atoms with Crippen molar-refractivity contribution < 1.29 is 9.59 Å². The van der Waals surface area contributed by atoms with Crippen molar-refractivity contribution in [2.24, 2.45) is 5.92 Å². The maximum Gasteiger partial charge on any atom is 0.255 e. The third-order valence-corrected chi connectivity index (χ3v) is 5.77.